The van der Waals surface area contributed by atoms with Crippen LogP contribution < -0.4 is 0 Å². The van der Waals surface area contributed by atoms with Gasteiger partial charge in [-0.15, -0.1) is 0 Å². The van der Waals surface area contributed by atoms with Crippen LogP contribution in [0, 0.1) is 0 Å². The Labute approximate surface area is 57.0 Å². The van der Waals surface area contributed by atoms with E-state index in [0.29, 0.717) is 0 Å². The van der Waals surface area contributed by atoms with E-state index in [-0.39, 0.29) is 0 Å². The lowest BCUT2D eigenvalue weighted by Gasteiger charge is -2.00. The van der Waals surface area contributed by atoms with Gasteiger partial charge in [-0.2, -0.15) is 0 Å². The number of aliphatic hydroxyl groups is 2. The van der Waals surface area contributed by atoms with Crippen molar-refractivity contribution in [1.29, 1.82) is 0 Å². The molecule has 1 aliphatic rings. The maximum atomic E-state index is 10.4. The standard InChI is InChI=1S/C6H6O4/c1-2-3-4(7)5(8)6(9)10-3/h2-3,7-8H,1H2/t3-/m1/s1. The summed E-state index contributed by atoms with van der Waals surface area (Å²) in [5.74, 6) is -2.12. The topological polar surface area (TPSA) is 66.8 Å². The van der Waals surface area contributed by atoms with Gasteiger partial charge in [-0.1, -0.05) is 6.58 Å². The first-order valence-electron chi connectivity index (χ1n) is 2.62. The molecule has 10 heavy (non-hydrogen) atoms. The van der Waals surface area contributed by atoms with Crippen molar-refractivity contribution in [3.63, 3.8) is 0 Å². The third-order valence-corrected chi connectivity index (χ3v) is 1.15. The number of carbonyl (C=O) groups excluding carboxylic acids is 1. The zero-order chi connectivity index (χ0) is 7.72. The van der Waals surface area contributed by atoms with Gasteiger partial charge in [0.25, 0.3) is 0 Å². The molecule has 0 spiro atoms. The number of rotatable bonds is 1. The van der Waals surface area contributed by atoms with Crippen molar-refractivity contribution in [2.24, 2.45) is 0 Å². The van der Waals surface area contributed by atoms with E-state index in [4.69, 9.17) is 10.2 Å². The lowest BCUT2D eigenvalue weighted by molar-refractivity contribution is -0.140. The Balaban J connectivity index is 2.93. The second-order valence-corrected chi connectivity index (χ2v) is 1.80. The zero-order valence-electron chi connectivity index (χ0n) is 5.07. The van der Waals surface area contributed by atoms with Gasteiger partial charge in [0.05, 0.1) is 0 Å². The van der Waals surface area contributed by atoms with E-state index in [9.17, 15) is 4.79 Å². The van der Waals surface area contributed by atoms with Crippen LogP contribution in [0.2, 0.25) is 0 Å². The number of aliphatic hydroxyl groups excluding tert-OH is 2. The first-order chi connectivity index (χ1) is 4.66. The van der Waals surface area contributed by atoms with Crippen molar-refractivity contribution in [2.45, 2.75) is 6.10 Å². The molecule has 54 valence electrons. The van der Waals surface area contributed by atoms with Gasteiger partial charge in [0.2, 0.25) is 5.76 Å². The van der Waals surface area contributed by atoms with Crippen molar-refractivity contribution in [3.8, 4) is 0 Å². The van der Waals surface area contributed by atoms with Crippen LogP contribution in [0.25, 0.3) is 0 Å². The van der Waals surface area contributed by atoms with Crippen LogP contribution in [-0.2, 0) is 9.53 Å². The molecule has 0 saturated carbocycles. The molecule has 1 heterocycles. The summed E-state index contributed by atoms with van der Waals surface area (Å²) < 4.78 is 4.40. The molecule has 1 rings (SSSR count). The molecule has 0 aromatic carbocycles. The summed E-state index contributed by atoms with van der Waals surface area (Å²) in [5, 5.41) is 17.5. The van der Waals surface area contributed by atoms with E-state index in [1.807, 2.05) is 0 Å². The fourth-order valence-electron chi connectivity index (χ4n) is 0.626. The minimum Gasteiger partial charge on any atom is -0.505 e. The maximum absolute atomic E-state index is 10.4. The molecule has 0 aliphatic carbocycles. The smallest absolute Gasteiger partial charge is 0.378 e. The Morgan fingerprint density at radius 3 is 2.40 bits per heavy atom. The number of hydrogen-bond donors (Lipinski definition) is 2. The summed E-state index contributed by atoms with van der Waals surface area (Å²) in [6.07, 6.45) is 0.337. The van der Waals surface area contributed by atoms with Gasteiger partial charge in [-0.05, 0) is 6.08 Å². The number of ether oxygens (including phenoxy) is 1. The largest absolute Gasteiger partial charge is 0.505 e. The number of carbonyl (C=O) groups is 1. The van der Waals surface area contributed by atoms with Crippen LogP contribution in [0.4, 0.5) is 0 Å². The normalized spacial score (nSPS) is 24.8. The quantitative estimate of drug-likeness (QED) is 0.411. The molecule has 1 aliphatic heterocycles. The lowest BCUT2D eigenvalue weighted by Crippen LogP contribution is -2.06. The van der Waals surface area contributed by atoms with Crippen LogP contribution in [0.1, 0.15) is 0 Å². The SMILES string of the molecule is C=C[C@H]1OC(=O)C(O)=C1O. The lowest BCUT2D eigenvalue weighted by atomic mass is 10.3. The third-order valence-electron chi connectivity index (χ3n) is 1.15. The monoisotopic (exact) mass is 142 g/mol. The molecule has 1 atom stereocenters. The summed E-state index contributed by atoms with van der Waals surface area (Å²) in [4.78, 5) is 10.4. The van der Waals surface area contributed by atoms with Crippen molar-refractivity contribution < 1.29 is 19.7 Å². The fourth-order valence-corrected chi connectivity index (χ4v) is 0.626. The summed E-state index contributed by atoms with van der Waals surface area (Å²) >= 11 is 0. The highest BCUT2D eigenvalue weighted by atomic mass is 16.6. The molecule has 0 aromatic rings. The van der Waals surface area contributed by atoms with Gasteiger partial charge in [0.15, 0.2) is 11.9 Å². The van der Waals surface area contributed by atoms with Gasteiger partial charge in [0.1, 0.15) is 0 Å². The van der Waals surface area contributed by atoms with Gasteiger partial charge in [-0.3, -0.25) is 0 Å². The minimum atomic E-state index is -0.914. The van der Waals surface area contributed by atoms with Gasteiger partial charge in [0, 0.05) is 0 Å². The molecule has 0 fully saturated rings. The van der Waals surface area contributed by atoms with Crippen molar-refractivity contribution >= 4 is 5.97 Å². The third kappa shape index (κ3) is 0.737. The van der Waals surface area contributed by atoms with Crippen LogP contribution in [0.3, 0.4) is 0 Å². The van der Waals surface area contributed by atoms with E-state index in [0.717, 1.165) is 0 Å². The average Bonchev–Trinajstić information content (AvgIpc) is 2.17. The molecule has 2 N–H and O–H groups in total. The molecular weight excluding hydrogens is 136 g/mol. The van der Waals surface area contributed by atoms with Crippen LogP contribution in [0.15, 0.2) is 24.2 Å². The van der Waals surface area contributed by atoms with Crippen LogP contribution in [-0.4, -0.2) is 22.3 Å². The average molecular weight is 142 g/mol. The Bertz CT molecular complexity index is 216. The van der Waals surface area contributed by atoms with Crippen LogP contribution >= 0.6 is 0 Å². The zero-order valence-corrected chi connectivity index (χ0v) is 5.07. The molecule has 0 aromatic heterocycles. The van der Waals surface area contributed by atoms with E-state index in [1.165, 1.54) is 6.08 Å². The second-order valence-electron chi connectivity index (χ2n) is 1.80. The van der Waals surface area contributed by atoms with Crippen molar-refractivity contribution in [2.75, 3.05) is 0 Å². The Hall–Kier alpha value is -1.45. The molecule has 0 unspecified atom stereocenters. The van der Waals surface area contributed by atoms with E-state index in [2.05, 4.69) is 11.3 Å². The van der Waals surface area contributed by atoms with E-state index in [1.54, 1.807) is 0 Å². The molecule has 0 saturated heterocycles. The fraction of sp³-hybridized carbons (Fsp3) is 0.167. The van der Waals surface area contributed by atoms with Crippen LogP contribution in [0.5, 0.6) is 0 Å². The molecule has 0 bridgehead atoms. The highest BCUT2D eigenvalue weighted by Crippen LogP contribution is 2.18. The summed E-state index contributed by atoms with van der Waals surface area (Å²) in [6, 6.07) is 0. The second kappa shape index (κ2) is 2.06. The molecule has 0 amide bonds. The Morgan fingerprint density at radius 2 is 2.20 bits per heavy atom. The molecular formula is C6H6O4. The predicted octanol–water partition coefficient (Wildman–Crippen LogP) is 0.425. The minimum absolute atomic E-state index is 0.472. The van der Waals surface area contributed by atoms with Gasteiger partial charge in [-0.25, -0.2) is 4.79 Å². The number of hydrogen-bond acceptors (Lipinski definition) is 4. The van der Waals surface area contributed by atoms with E-state index >= 15 is 0 Å². The maximum Gasteiger partial charge on any atom is 0.378 e. The van der Waals surface area contributed by atoms with Gasteiger partial charge >= 0.3 is 5.97 Å². The highest BCUT2D eigenvalue weighted by Gasteiger charge is 2.31. The van der Waals surface area contributed by atoms with E-state index < -0.39 is 23.6 Å². The molecule has 4 heteroatoms. The first-order valence-corrected chi connectivity index (χ1v) is 2.62. The Kier molecular flexibility index (Phi) is 1.37. The van der Waals surface area contributed by atoms with Crippen molar-refractivity contribution in [3.05, 3.63) is 24.2 Å². The predicted molar refractivity (Wildman–Crippen MR) is 32.4 cm³/mol. The molecule has 4 nitrogen and oxygen atoms in total. The number of esters is 1. The molecule has 0 radical (unpaired) electrons. The number of cyclic esters (lactones) is 1. The summed E-state index contributed by atoms with van der Waals surface area (Å²) in [5.41, 5.74) is 0. The summed E-state index contributed by atoms with van der Waals surface area (Å²) in [7, 11) is 0. The first kappa shape index (κ1) is 6.67. The Morgan fingerprint density at radius 1 is 1.60 bits per heavy atom. The van der Waals surface area contributed by atoms with Gasteiger partial charge < -0.3 is 14.9 Å². The summed E-state index contributed by atoms with van der Waals surface area (Å²) in [6.45, 7) is 3.28. The highest BCUT2D eigenvalue weighted by molar-refractivity contribution is 5.89. The van der Waals surface area contributed by atoms with Crippen molar-refractivity contribution in [1.82, 2.24) is 0 Å².